The van der Waals surface area contributed by atoms with Gasteiger partial charge in [-0.25, -0.2) is 13.4 Å². The SMILES string of the molecule is CNc1cccnc1S(=O)(=O)N(C)Cc1ccc(Cl)cc1. The first kappa shape index (κ1) is 15.8. The maximum absolute atomic E-state index is 12.6. The number of rotatable bonds is 5. The lowest BCUT2D eigenvalue weighted by Gasteiger charge is -2.18. The quantitative estimate of drug-likeness (QED) is 0.918. The van der Waals surface area contributed by atoms with Crippen molar-refractivity contribution in [3.8, 4) is 0 Å². The van der Waals surface area contributed by atoms with Gasteiger partial charge in [-0.3, -0.25) is 0 Å². The predicted octanol–water partition coefficient (Wildman–Crippen LogP) is 2.60. The summed E-state index contributed by atoms with van der Waals surface area (Å²) in [5.41, 5.74) is 1.33. The lowest BCUT2D eigenvalue weighted by Crippen LogP contribution is -2.27. The van der Waals surface area contributed by atoms with Crippen LogP contribution in [0.15, 0.2) is 47.6 Å². The largest absolute Gasteiger partial charge is 0.386 e. The molecule has 1 aromatic heterocycles. The Labute approximate surface area is 129 Å². The molecule has 2 rings (SSSR count). The molecule has 0 amide bonds. The van der Waals surface area contributed by atoms with Crippen LogP contribution in [-0.2, 0) is 16.6 Å². The van der Waals surface area contributed by atoms with E-state index >= 15 is 0 Å². The van der Waals surface area contributed by atoms with Gasteiger partial charge in [0.2, 0.25) is 0 Å². The van der Waals surface area contributed by atoms with Gasteiger partial charge in [-0.2, -0.15) is 4.31 Å². The highest BCUT2D eigenvalue weighted by Crippen LogP contribution is 2.22. The molecule has 0 aliphatic carbocycles. The van der Waals surface area contributed by atoms with Gasteiger partial charge in [0, 0.05) is 31.9 Å². The Bertz CT molecular complexity index is 717. The fourth-order valence-electron chi connectivity index (χ4n) is 1.87. The Balaban J connectivity index is 2.28. The summed E-state index contributed by atoms with van der Waals surface area (Å²) in [5, 5.41) is 3.48. The summed E-state index contributed by atoms with van der Waals surface area (Å²) in [4.78, 5) is 3.98. The molecule has 0 fully saturated rings. The van der Waals surface area contributed by atoms with E-state index in [0.717, 1.165) is 5.56 Å². The third-order valence-corrected chi connectivity index (χ3v) is 5.03. The highest BCUT2D eigenvalue weighted by molar-refractivity contribution is 7.89. The summed E-state index contributed by atoms with van der Waals surface area (Å²) < 4.78 is 26.4. The second-order valence-corrected chi connectivity index (χ2v) is 6.89. The van der Waals surface area contributed by atoms with Crippen LogP contribution >= 0.6 is 11.6 Å². The van der Waals surface area contributed by atoms with Crippen LogP contribution in [0.1, 0.15) is 5.56 Å². The molecule has 112 valence electrons. The molecule has 0 radical (unpaired) electrons. The number of nitrogens with zero attached hydrogens (tertiary/aromatic N) is 2. The number of nitrogens with one attached hydrogen (secondary N) is 1. The summed E-state index contributed by atoms with van der Waals surface area (Å²) in [7, 11) is -0.476. The summed E-state index contributed by atoms with van der Waals surface area (Å²) in [6.07, 6.45) is 1.46. The summed E-state index contributed by atoms with van der Waals surface area (Å²) in [5.74, 6) is 0. The van der Waals surface area contributed by atoms with E-state index in [-0.39, 0.29) is 11.6 Å². The minimum Gasteiger partial charge on any atom is -0.386 e. The van der Waals surface area contributed by atoms with Gasteiger partial charge in [0.05, 0.1) is 5.69 Å². The second kappa shape index (κ2) is 6.43. The van der Waals surface area contributed by atoms with Crippen molar-refractivity contribution in [2.45, 2.75) is 11.6 Å². The van der Waals surface area contributed by atoms with E-state index in [1.807, 2.05) is 0 Å². The number of hydrogen-bond donors (Lipinski definition) is 1. The molecule has 0 spiro atoms. The van der Waals surface area contributed by atoms with E-state index in [9.17, 15) is 8.42 Å². The number of anilines is 1. The first-order valence-electron chi connectivity index (χ1n) is 6.28. The first-order chi connectivity index (χ1) is 9.95. The minimum absolute atomic E-state index is 0.0176. The molecule has 0 saturated heterocycles. The molecule has 0 atom stereocenters. The van der Waals surface area contributed by atoms with Crippen molar-refractivity contribution in [3.63, 3.8) is 0 Å². The minimum atomic E-state index is -3.66. The van der Waals surface area contributed by atoms with Gasteiger partial charge in [0.25, 0.3) is 10.0 Å². The van der Waals surface area contributed by atoms with Gasteiger partial charge in [-0.1, -0.05) is 23.7 Å². The Kier molecular flexibility index (Phi) is 4.82. The van der Waals surface area contributed by atoms with E-state index in [4.69, 9.17) is 11.6 Å². The molecule has 0 aliphatic heterocycles. The smallest absolute Gasteiger partial charge is 0.262 e. The highest BCUT2D eigenvalue weighted by atomic mass is 35.5. The molecule has 1 heterocycles. The normalized spacial score (nSPS) is 11.6. The zero-order chi connectivity index (χ0) is 15.5. The number of benzene rings is 1. The predicted molar refractivity (Wildman–Crippen MR) is 83.9 cm³/mol. The van der Waals surface area contributed by atoms with Crippen LogP contribution in [0.4, 0.5) is 5.69 Å². The molecule has 0 unspecified atom stereocenters. The van der Waals surface area contributed by atoms with Crippen molar-refractivity contribution in [1.29, 1.82) is 0 Å². The lowest BCUT2D eigenvalue weighted by atomic mass is 10.2. The second-order valence-electron chi connectivity index (χ2n) is 4.49. The maximum Gasteiger partial charge on any atom is 0.262 e. The molecule has 0 bridgehead atoms. The van der Waals surface area contributed by atoms with Crippen molar-refractivity contribution in [2.75, 3.05) is 19.4 Å². The van der Waals surface area contributed by atoms with E-state index < -0.39 is 10.0 Å². The van der Waals surface area contributed by atoms with Crippen LogP contribution in [0.25, 0.3) is 0 Å². The number of aromatic nitrogens is 1. The Hall–Kier alpha value is -1.63. The Morgan fingerprint density at radius 3 is 2.52 bits per heavy atom. The fourth-order valence-corrected chi connectivity index (χ4v) is 3.25. The average molecular weight is 326 g/mol. The van der Waals surface area contributed by atoms with Crippen molar-refractivity contribution >= 4 is 27.3 Å². The first-order valence-corrected chi connectivity index (χ1v) is 8.10. The Morgan fingerprint density at radius 1 is 1.24 bits per heavy atom. The summed E-state index contributed by atoms with van der Waals surface area (Å²) in [6.45, 7) is 0.249. The van der Waals surface area contributed by atoms with Crippen LogP contribution in [0.5, 0.6) is 0 Å². The molecule has 21 heavy (non-hydrogen) atoms. The van der Waals surface area contributed by atoms with Crippen molar-refractivity contribution in [2.24, 2.45) is 0 Å². The topological polar surface area (TPSA) is 62.3 Å². The zero-order valence-electron chi connectivity index (χ0n) is 11.7. The molecule has 5 nitrogen and oxygen atoms in total. The van der Waals surface area contributed by atoms with Crippen LogP contribution in [0.2, 0.25) is 5.02 Å². The summed E-state index contributed by atoms with van der Waals surface area (Å²) in [6, 6.07) is 10.4. The van der Waals surface area contributed by atoms with E-state index in [1.165, 1.54) is 17.5 Å². The van der Waals surface area contributed by atoms with E-state index in [2.05, 4.69) is 10.3 Å². The molecule has 7 heteroatoms. The van der Waals surface area contributed by atoms with Gasteiger partial charge >= 0.3 is 0 Å². The number of sulfonamides is 1. The van der Waals surface area contributed by atoms with Gasteiger partial charge in [0.15, 0.2) is 5.03 Å². The Morgan fingerprint density at radius 2 is 1.90 bits per heavy atom. The lowest BCUT2D eigenvalue weighted by molar-refractivity contribution is 0.464. The van der Waals surface area contributed by atoms with Crippen molar-refractivity contribution in [1.82, 2.24) is 9.29 Å². The maximum atomic E-state index is 12.6. The van der Waals surface area contributed by atoms with Gasteiger partial charge in [0.1, 0.15) is 0 Å². The molecule has 0 aliphatic rings. The van der Waals surface area contributed by atoms with Crippen LogP contribution in [-0.4, -0.2) is 31.8 Å². The standard InChI is InChI=1S/C14H16ClN3O2S/c1-16-13-4-3-9-17-14(13)21(19,20)18(2)10-11-5-7-12(15)8-6-11/h3-9,16H,10H2,1-2H3. The highest BCUT2D eigenvalue weighted by Gasteiger charge is 2.25. The van der Waals surface area contributed by atoms with Crippen molar-refractivity contribution in [3.05, 3.63) is 53.2 Å². The third kappa shape index (κ3) is 3.53. The van der Waals surface area contributed by atoms with Crippen molar-refractivity contribution < 1.29 is 8.42 Å². The monoisotopic (exact) mass is 325 g/mol. The van der Waals surface area contributed by atoms with Crippen LogP contribution < -0.4 is 5.32 Å². The van der Waals surface area contributed by atoms with Crippen LogP contribution in [0, 0.1) is 0 Å². The molecule has 2 aromatic rings. The van der Waals surface area contributed by atoms with E-state index in [0.29, 0.717) is 10.7 Å². The average Bonchev–Trinajstić information content (AvgIpc) is 2.49. The molecular formula is C14H16ClN3O2S. The number of halogens is 1. The molecular weight excluding hydrogens is 310 g/mol. The van der Waals surface area contributed by atoms with E-state index in [1.54, 1.807) is 43.4 Å². The number of pyridine rings is 1. The fraction of sp³-hybridized carbons (Fsp3) is 0.214. The third-order valence-electron chi connectivity index (χ3n) is 3.01. The molecule has 1 N–H and O–H groups in total. The van der Waals surface area contributed by atoms with Crippen LogP contribution in [0.3, 0.4) is 0 Å². The van der Waals surface area contributed by atoms with Gasteiger partial charge < -0.3 is 5.32 Å². The molecule has 1 aromatic carbocycles. The molecule has 0 saturated carbocycles. The van der Waals surface area contributed by atoms with Gasteiger partial charge in [-0.05, 0) is 29.8 Å². The summed E-state index contributed by atoms with van der Waals surface area (Å²) >= 11 is 5.82. The number of hydrogen-bond acceptors (Lipinski definition) is 4. The zero-order valence-corrected chi connectivity index (χ0v) is 13.3. The van der Waals surface area contributed by atoms with Gasteiger partial charge in [-0.15, -0.1) is 0 Å².